The Morgan fingerprint density at radius 3 is 3.04 bits per heavy atom. The number of pyridine rings is 1. The molecule has 0 aromatic carbocycles. The van der Waals surface area contributed by atoms with E-state index in [-0.39, 0.29) is 12.0 Å². The minimum Gasteiger partial charge on any atom is -0.450 e. The standard InChI is InChI=1S/C17H16N4O3S/c1-2-24-17(23)21-7-5-12-13(8-18)16(25-14(12)10-21)20-15(22)11-4-3-6-19-9-11/h3-4,6,9H,2,5,7,10H2,1H3,(H,20,22). The molecule has 1 aliphatic heterocycles. The first kappa shape index (κ1) is 16.9. The van der Waals surface area contributed by atoms with Crippen molar-refractivity contribution in [1.82, 2.24) is 9.88 Å². The lowest BCUT2D eigenvalue weighted by Crippen LogP contribution is -2.35. The van der Waals surface area contributed by atoms with Gasteiger partial charge < -0.3 is 15.0 Å². The monoisotopic (exact) mass is 356 g/mol. The zero-order chi connectivity index (χ0) is 17.8. The smallest absolute Gasteiger partial charge is 0.410 e. The third-order valence-corrected chi connectivity index (χ3v) is 4.98. The Kier molecular flexibility index (Phi) is 4.95. The molecule has 0 saturated carbocycles. The number of hydrogen-bond donors (Lipinski definition) is 1. The fourth-order valence-electron chi connectivity index (χ4n) is 2.65. The lowest BCUT2D eigenvalue weighted by molar-refractivity contribution is 0.102. The highest BCUT2D eigenvalue weighted by molar-refractivity contribution is 7.16. The predicted molar refractivity (Wildman–Crippen MR) is 92.4 cm³/mol. The van der Waals surface area contributed by atoms with Crippen LogP contribution in [0.3, 0.4) is 0 Å². The van der Waals surface area contributed by atoms with Crippen molar-refractivity contribution in [2.24, 2.45) is 0 Å². The molecule has 25 heavy (non-hydrogen) atoms. The highest BCUT2D eigenvalue weighted by atomic mass is 32.1. The van der Waals surface area contributed by atoms with Crippen LogP contribution < -0.4 is 5.32 Å². The van der Waals surface area contributed by atoms with Crippen molar-refractivity contribution in [3.63, 3.8) is 0 Å². The van der Waals surface area contributed by atoms with E-state index in [9.17, 15) is 14.9 Å². The molecule has 2 aromatic heterocycles. The average Bonchev–Trinajstić information content (AvgIpc) is 2.98. The summed E-state index contributed by atoms with van der Waals surface area (Å²) in [6.45, 7) is 2.96. The molecule has 128 valence electrons. The Labute approximate surface area is 148 Å². The first-order valence-corrected chi connectivity index (χ1v) is 8.63. The summed E-state index contributed by atoms with van der Waals surface area (Å²) >= 11 is 1.32. The molecule has 0 atom stereocenters. The second kappa shape index (κ2) is 7.32. The van der Waals surface area contributed by atoms with Crippen LogP contribution in [0.1, 0.15) is 33.3 Å². The van der Waals surface area contributed by atoms with E-state index in [4.69, 9.17) is 4.74 Å². The summed E-state index contributed by atoms with van der Waals surface area (Å²) in [7, 11) is 0. The van der Waals surface area contributed by atoms with Gasteiger partial charge in [0.15, 0.2) is 0 Å². The molecule has 1 aliphatic rings. The summed E-state index contributed by atoms with van der Waals surface area (Å²) < 4.78 is 5.03. The fourth-order valence-corrected chi connectivity index (χ4v) is 3.86. The largest absolute Gasteiger partial charge is 0.450 e. The SMILES string of the molecule is CCOC(=O)N1CCc2c(sc(NC(=O)c3cccnc3)c2C#N)C1. The number of carbonyl (C=O) groups excluding carboxylic acids is 2. The van der Waals surface area contributed by atoms with Crippen molar-refractivity contribution >= 4 is 28.3 Å². The Hall–Kier alpha value is -2.92. The van der Waals surface area contributed by atoms with Crippen LogP contribution >= 0.6 is 11.3 Å². The van der Waals surface area contributed by atoms with E-state index >= 15 is 0 Å². The zero-order valence-corrected chi connectivity index (χ0v) is 14.4. The van der Waals surface area contributed by atoms with Gasteiger partial charge in [0.1, 0.15) is 11.1 Å². The van der Waals surface area contributed by atoms with Crippen LogP contribution in [0.25, 0.3) is 0 Å². The van der Waals surface area contributed by atoms with Crippen molar-refractivity contribution < 1.29 is 14.3 Å². The van der Waals surface area contributed by atoms with Crippen molar-refractivity contribution in [2.75, 3.05) is 18.5 Å². The number of ether oxygens (including phenoxy) is 1. The summed E-state index contributed by atoms with van der Waals surface area (Å²) in [6, 6.07) is 5.51. The average molecular weight is 356 g/mol. The van der Waals surface area contributed by atoms with E-state index < -0.39 is 0 Å². The minimum absolute atomic E-state index is 0.314. The number of hydrogen-bond acceptors (Lipinski definition) is 6. The molecule has 2 amide bonds. The van der Waals surface area contributed by atoms with Gasteiger partial charge in [-0.15, -0.1) is 11.3 Å². The highest BCUT2D eigenvalue weighted by Crippen LogP contribution is 2.37. The summed E-state index contributed by atoms with van der Waals surface area (Å²) in [5, 5.41) is 12.8. The Balaban J connectivity index is 1.82. The Bertz CT molecular complexity index is 842. The number of anilines is 1. The van der Waals surface area contributed by atoms with E-state index in [1.165, 1.54) is 17.5 Å². The first-order chi connectivity index (χ1) is 12.1. The molecule has 0 aliphatic carbocycles. The maximum absolute atomic E-state index is 12.3. The quantitative estimate of drug-likeness (QED) is 0.912. The zero-order valence-electron chi connectivity index (χ0n) is 13.6. The minimum atomic E-state index is -0.360. The van der Waals surface area contributed by atoms with E-state index in [0.717, 1.165) is 10.4 Å². The van der Waals surface area contributed by atoms with Gasteiger partial charge in [-0.3, -0.25) is 9.78 Å². The molecule has 1 N–H and O–H groups in total. The molecule has 2 aromatic rings. The van der Waals surface area contributed by atoms with Crippen LogP contribution in [0.4, 0.5) is 9.80 Å². The number of nitrogens with one attached hydrogen (secondary N) is 1. The summed E-state index contributed by atoms with van der Waals surface area (Å²) in [5.74, 6) is -0.314. The van der Waals surface area contributed by atoms with Gasteiger partial charge in [-0.1, -0.05) is 0 Å². The van der Waals surface area contributed by atoms with Gasteiger partial charge in [-0.05, 0) is 31.0 Å². The highest BCUT2D eigenvalue weighted by Gasteiger charge is 2.28. The molecule has 0 spiro atoms. The number of rotatable bonds is 3. The molecule has 8 heteroatoms. The lowest BCUT2D eigenvalue weighted by Gasteiger charge is -2.25. The topological polar surface area (TPSA) is 95.3 Å². The molecule has 0 unspecified atom stereocenters. The van der Waals surface area contributed by atoms with Gasteiger partial charge in [0.25, 0.3) is 5.91 Å². The molecule has 0 fully saturated rings. The molecular formula is C17H16N4O3S. The fraction of sp³-hybridized carbons (Fsp3) is 0.294. The molecule has 7 nitrogen and oxygen atoms in total. The van der Waals surface area contributed by atoms with E-state index in [1.807, 2.05) is 0 Å². The molecule has 3 rings (SSSR count). The number of amides is 2. The number of aromatic nitrogens is 1. The number of carbonyl (C=O) groups is 2. The number of nitriles is 1. The van der Waals surface area contributed by atoms with Crippen LogP contribution in [-0.2, 0) is 17.7 Å². The Morgan fingerprint density at radius 2 is 2.36 bits per heavy atom. The van der Waals surface area contributed by atoms with E-state index in [2.05, 4.69) is 16.4 Å². The van der Waals surface area contributed by atoms with E-state index in [1.54, 1.807) is 30.2 Å². The van der Waals surface area contributed by atoms with Crippen LogP contribution in [0, 0.1) is 11.3 Å². The summed E-state index contributed by atoms with van der Waals surface area (Å²) in [5.41, 5.74) is 1.79. The van der Waals surface area contributed by atoms with Crippen LogP contribution in [-0.4, -0.2) is 35.0 Å². The summed E-state index contributed by atoms with van der Waals surface area (Å²) in [4.78, 5) is 30.6. The third kappa shape index (κ3) is 3.46. The molecule has 0 radical (unpaired) electrons. The van der Waals surface area contributed by atoms with Crippen molar-refractivity contribution in [1.29, 1.82) is 5.26 Å². The normalized spacial score (nSPS) is 12.9. The van der Waals surface area contributed by atoms with Crippen molar-refractivity contribution in [3.8, 4) is 6.07 Å². The van der Waals surface area contributed by atoms with Gasteiger partial charge in [0, 0.05) is 23.8 Å². The van der Waals surface area contributed by atoms with Gasteiger partial charge >= 0.3 is 6.09 Å². The second-order valence-corrected chi connectivity index (χ2v) is 6.49. The van der Waals surface area contributed by atoms with Gasteiger partial charge in [-0.2, -0.15) is 5.26 Å². The number of thiophene rings is 1. The predicted octanol–water partition coefficient (Wildman–Crippen LogP) is 2.78. The van der Waals surface area contributed by atoms with Gasteiger partial charge in [0.2, 0.25) is 0 Å². The van der Waals surface area contributed by atoms with Crippen molar-refractivity contribution in [2.45, 2.75) is 19.9 Å². The van der Waals surface area contributed by atoms with Crippen LogP contribution in [0.15, 0.2) is 24.5 Å². The molecular weight excluding hydrogens is 340 g/mol. The third-order valence-electron chi connectivity index (χ3n) is 3.85. The van der Waals surface area contributed by atoms with Crippen LogP contribution in [0.5, 0.6) is 0 Å². The van der Waals surface area contributed by atoms with Gasteiger partial charge in [-0.25, -0.2) is 4.79 Å². The lowest BCUT2D eigenvalue weighted by atomic mass is 10.0. The number of fused-ring (bicyclic) bond motifs is 1. The maximum Gasteiger partial charge on any atom is 0.410 e. The summed E-state index contributed by atoms with van der Waals surface area (Å²) in [6.07, 6.45) is 3.26. The first-order valence-electron chi connectivity index (χ1n) is 7.81. The van der Waals surface area contributed by atoms with Gasteiger partial charge in [0.05, 0.1) is 24.3 Å². The van der Waals surface area contributed by atoms with E-state index in [0.29, 0.717) is 42.2 Å². The molecule has 3 heterocycles. The second-order valence-electron chi connectivity index (χ2n) is 5.39. The van der Waals surface area contributed by atoms with Crippen LogP contribution in [0.2, 0.25) is 0 Å². The van der Waals surface area contributed by atoms with Crippen molar-refractivity contribution in [3.05, 3.63) is 46.1 Å². The molecule has 0 saturated heterocycles. The Morgan fingerprint density at radius 1 is 1.52 bits per heavy atom. The number of nitrogens with zero attached hydrogens (tertiary/aromatic N) is 3. The maximum atomic E-state index is 12.3. The molecule has 0 bridgehead atoms.